The minimum absolute atomic E-state index is 0.150. The van der Waals surface area contributed by atoms with Crippen LogP contribution >= 0.6 is 0 Å². The summed E-state index contributed by atoms with van der Waals surface area (Å²) >= 11 is 0. The highest BCUT2D eigenvalue weighted by Gasteiger charge is 2.22. The van der Waals surface area contributed by atoms with Crippen molar-refractivity contribution < 1.29 is 4.74 Å². The molecule has 0 heterocycles. The highest BCUT2D eigenvalue weighted by atomic mass is 16.5. The lowest BCUT2D eigenvalue weighted by molar-refractivity contribution is 0.334. The van der Waals surface area contributed by atoms with Crippen LogP contribution < -0.4 is 20.9 Å². The maximum atomic E-state index is 11.8. The fourth-order valence-corrected chi connectivity index (χ4v) is 3.29. The fraction of sp³-hybridized carbons (Fsp3) is 0.143. The van der Waals surface area contributed by atoms with Crippen LogP contribution in [-0.4, -0.2) is 6.61 Å². The van der Waals surface area contributed by atoms with Crippen molar-refractivity contribution in [3.63, 3.8) is 0 Å². The Morgan fingerprint density at radius 2 is 1.48 bits per heavy atom. The van der Waals surface area contributed by atoms with E-state index < -0.39 is 10.9 Å². The molecule has 1 N–H and O–H groups in total. The Morgan fingerprint density at radius 1 is 0.880 bits per heavy atom. The van der Waals surface area contributed by atoms with E-state index in [0.717, 1.165) is 27.1 Å². The maximum Gasteiger partial charge on any atom is 0.272 e. The molecule has 0 unspecified atom stereocenters. The smallest absolute Gasteiger partial charge is 0.272 e. The summed E-state index contributed by atoms with van der Waals surface area (Å²) in [6.07, 6.45) is 0. The molecule has 0 fully saturated rings. The predicted molar refractivity (Wildman–Crippen MR) is 101 cm³/mol. The number of rotatable bonds is 5. The first kappa shape index (κ1) is 15.4. The zero-order valence-corrected chi connectivity index (χ0v) is 13.8. The molecule has 0 aromatic heterocycles. The average molecular weight is 331 g/mol. The van der Waals surface area contributed by atoms with Gasteiger partial charge in [-0.1, -0.05) is 48.5 Å². The third-order valence-corrected chi connectivity index (χ3v) is 4.48. The monoisotopic (exact) mass is 331 g/mol. The van der Waals surface area contributed by atoms with Crippen molar-refractivity contribution in [2.24, 2.45) is 0 Å². The van der Waals surface area contributed by atoms with E-state index in [1.807, 2.05) is 24.3 Å². The van der Waals surface area contributed by atoms with Crippen LogP contribution in [0.15, 0.2) is 64.2 Å². The second-order valence-electron chi connectivity index (χ2n) is 5.95. The summed E-state index contributed by atoms with van der Waals surface area (Å²) in [5, 5.41) is 7.67. The lowest BCUT2D eigenvalue weighted by atomic mass is 9.96. The van der Waals surface area contributed by atoms with Gasteiger partial charge in [0, 0.05) is 6.54 Å². The molecule has 0 bridgehead atoms. The molecule has 0 atom stereocenters. The van der Waals surface area contributed by atoms with Crippen molar-refractivity contribution in [2.45, 2.75) is 13.5 Å². The molecule has 0 spiro atoms. The van der Waals surface area contributed by atoms with Gasteiger partial charge in [0.2, 0.25) is 0 Å². The second-order valence-corrected chi connectivity index (χ2v) is 5.95. The molecule has 4 aromatic rings. The van der Waals surface area contributed by atoms with Gasteiger partial charge in [0.15, 0.2) is 5.75 Å². The Bertz CT molecular complexity index is 1100. The molecule has 0 saturated heterocycles. The lowest BCUT2D eigenvalue weighted by Gasteiger charge is -2.16. The molecule has 0 aliphatic carbocycles. The Hall–Kier alpha value is -3.14. The van der Waals surface area contributed by atoms with Crippen LogP contribution in [-0.2, 0) is 6.54 Å². The molecule has 4 rings (SSSR count). The normalized spacial score (nSPS) is 11.2. The van der Waals surface area contributed by atoms with Crippen molar-refractivity contribution in [2.75, 3.05) is 11.9 Å². The van der Waals surface area contributed by atoms with Crippen LogP contribution in [0.3, 0.4) is 0 Å². The van der Waals surface area contributed by atoms with Gasteiger partial charge in [-0.2, -0.15) is 0 Å². The zero-order chi connectivity index (χ0) is 17.4. The number of nitrogens with one attached hydrogen (secondary N) is 1. The van der Waals surface area contributed by atoms with Crippen molar-refractivity contribution in [3.8, 4) is 5.75 Å². The van der Waals surface area contributed by atoms with Crippen molar-refractivity contribution in [1.82, 2.24) is 0 Å². The number of ether oxygens (including phenoxy) is 1. The standard InChI is InChI=1S/C21H17NO3/c1-2-25-21-18(19(23)20(21)24)22-12-17-15-9-5-3-7-13(15)11-14-8-4-6-10-16(14)17/h3-11,22H,2,12H2,1H3. The van der Waals surface area contributed by atoms with E-state index >= 15 is 0 Å². The number of anilines is 1. The summed E-state index contributed by atoms with van der Waals surface area (Å²) in [6, 6.07) is 18.5. The van der Waals surface area contributed by atoms with Crippen LogP contribution in [0.4, 0.5) is 5.69 Å². The van der Waals surface area contributed by atoms with Gasteiger partial charge in [0.1, 0.15) is 5.69 Å². The molecule has 4 aromatic carbocycles. The summed E-state index contributed by atoms with van der Waals surface area (Å²) in [5.41, 5.74) is 0.327. The van der Waals surface area contributed by atoms with Crippen molar-refractivity contribution in [3.05, 3.63) is 80.6 Å². The fourth-order valence-electron chi connectivity index (χ4n) is 3.29. The molecule has 0 aliphatic heterocycles. The highest BCUT2D eigenvalue weighted by molar-refractivity contribution is 6.02. The Labute approximate surface area is 144 Å². The number of benzene rings is 3. The molecular formula is C21H17NO3. The molecule has 0 saturated carbocycles. The first-order valence-corrected chi connectivity index (χ1v) is 8.30. The first-order valence-electron chi connectivity index (χ1n) is 8.30. The van der Waals surface area contributed by atoms with Gasteiger partial charge in [-0.05, 0) is 40.1 Å². The molecule has 0 aliphatic rings. The number of fused-ring (bicyclic) bond motifs is 2. The van der Waals surface area contributed by atoms with E-state index in [2.05, 4.69) is 35.6 Å². The Kier molecular flexibility index (Phi) is 3.73. The number of hydrogen-bond donors (Lipinski definition) is 1. The quantitative estimate of drug-likeness (QED) is 0.448. The maximum absolute atomic E-state index is 11.8. The van der Waals surface area contributed by atoms with E-state index in [1.165, 1.54) is 0 Å². The van der Waals surface area contributed by atoms with Gasteiger partial charge in [-0.25, -0.2) is 0 Å². The number of hydrogen-bond acceptors (Lipinski definition) is 4. The molecule has 0 amide bonds. The third-order valence-electron chi connectivity index (χ3n) is 4.48. The third kappa shape index (κ3) is 2.47. The lowest BCUT2D eigenvalue weighted by Crippen LogP contribution is -2.35. The zero-order valence-electron chi connectivity index (χ0n) is 13.8. The van der Waals surface area contributed by atoms with Gasteiger partial charge in [-0.3, -0.25) is 9.59 Å². The van der Waals surface area contributed by atoms with E-state index in [9.17, 15) is 9.59 Å². The van der Waals surface area contributed by atoms with E-state index in [4.69, 9.17) is 4.74 Å². The molecule has 4 nitrogen and oxygen atoms in total. The highest BCUT2D eigenvalue weighted by Crippen LogP contribution is 2.29. The summed E-state index contributed by atoms with van der Waals surface area (Å²) < 4.78 is 5.28. The summed E-state index contributed by atoms with van der Waals surface area (Å²) in [4.78, 5) is 23.5. The van der Waals surface area contributed by atoms with E-state index in [1.54, 1.807) is 6.92 Å². The van der Waals surface area contributed by atoms with Crippen molar-refractivity contribution >= 4 is 27.2 Å². The Balaban J connectivity index is 1.79. The predicted octanol–water partition coefficient (Wildman–Crippen LogP) is 3.60. The van der Waals surface area contributed by atoms with Crippen LogP contribution in [0.25, 0.3) is 21.5 Å². The second kappa shape index (κ2) is 6.06. The van der Waals surface area contributed by atoms with Gasteiger partial charge >= 0.3 is 0 Å². The average Bonchev–Trinajstić information content (AvgIpc) is 2.66. The molecule has 0 radical (unpaired) electrons. The van der Waals surface area contributed by atoms with Crippen molar-refractivity contribution in [1.29, 1.82) is 0 Å². The van der Waals surface area contributed by atoms with Gasteiger partial charge < -0.3 is 10.1 Å². The van der Waals surface area contributed by atoms with Gasteiger partial charge in [-0.15, -0.1) is 0 Å². The molecule has 4 heteroatoms. The largest absolute Gasteiger partial charge is 0.488 e. The minimum atomic E-state index is -0.549. The van der Waals surface area contributed by atoms with E-state index in [-0.39, 0.29) is 11.4 Å². The van der Waals surface area contributed by atoms with Gasteiger partial charge in [0.25, 0.3) is 10.9 Å². The molecule has 25 heavy (non-hydrogen) atoms. The summed E-state index contributed by atoms with van der Waals surface area (Å²) in [5.74, 6) is 0.150. The SMILES string of the molecule is CCOc1c(NCc2c3ccccc3cc3ccccc23)c(=O)c1=O. The van der Waals surface area contributed by atoms with Crippen LogP contribution in [0, 0.1) is 0 Å². The minimum Gasteiger partial charge on any atom is -0.488 e. The summed E-state index contributed by atoms with van der Waals surface area (Å²) in [6.45, 7) is 2.60. The topological polar surface area (TPSA) is 55.4 Å². The van der Waals surface area contributed by atoms with E-state index in [0.29, 0.717) is 13.2 Å². The summed E-state index contributed by atoms with van der Waals surface area (Å²) in [7, 11) is 0. The first-order chi connectivity index (χ1) is 12.2. The molecular weight excluding hydrogens is 314 g/mol. The Morgan fingerprint density at radius 3 is 2.08 bits per heavy atom. The van der Waals surface area contributed by atoms with Gasteiger partial charge in [0.05, 0.1) is 6.61 Å². The van der Waals surface area contributed by atoms with Crippen LogP contribution in [0.1, 0.15) is 12.5 Å². The molecule has 124 valence electrons. The van der Waals surface area contributed by atoms with Crippen LogP contribution in [0.2, 0.25) is 0 Å². The van der Waals surface area contributed by atoms with Crippen LogP contribution in [0.5, 0.6) is 5.75 Å².